The van der Waals surface area contributed by atoms with Crippen molar-refractivity contribution in [3.8, 4) is 5.75 Å². The van der Waals surface area contributed by atoms with Crippen LogP contribution in [0.5, 0.6) is 5.75 Å². The smallest absolute Gasteiger partial charge is 0.371 e. The lowest BCUT2D eigenvalue weighted by Crippen LogP contribution is -2.07. The van der Waals surface area contributed by atoms with Crippen molar-refractivity contribution in [2.75, 3.05) is 0 Å². The summed E-state index contributed by atoms with van der Waals surface area (Å²) in [6.45, 7) is 5.98. The highest BCUT2D eigenvalue weighted by Crippen LogP contribution is 2.18. The molecule has 0 aliphatic heterocycles. The molecule has 0 radical (unpaired) electrons. The molecule has 2 rings (SSSR count). The second kappa shape index (κ2) is 6.27. The average molecular weight is 282 g/mol. The summed E-state index contributed by atoms with van der Waals surface area (Å²) in [6, 6.07) is 13.1. The summed E-state index contributed by atoms with van der Waals surface area (Å²) in [5, 5.41) is 9.28. The lowest BCUT2D eigenvalue weighted by Gasteiger charge is -2.07. The van der Waals surface area contributed by atoms with Crippen LogP contribution in [0, 0.1) is 20.8 Å². The topological polar surface area (TPSA) is 46.5 Å². The van der Waals surface area contributed by atoms with Crippen LogP contribution >= 0.6 is 0 Å². The Morgan fingerprint density at radius 3 is 2.24 bits per heavy atom. The molecule has 0 saturated heterocycles. The van der Waals surface area contributed by atoms with Gasteiger partial charge >= 0.3 is 5.97 Å². The molecule has 0 heterocycles. The van der Waals surface area contributed by atoms with Crippen LogP contribution in [-0.2, 0) is 4.79 Å². The minimum Gasteiger partial charge on any atom is -0.475 e. The maximum Gasteiger partial charge on any atom is 0.371 e. The van der Waals surface area contributed by atoms with E-state index in [2.05, 4.69) is 0 Å². The highest BCUT2D eigenvalue weighted by atomic mass is 16.5. The zero-order valence-corrected chi connectivity index (χ0v) is 12.4. The number of aliphatic carboxylic acids is 1. The predicted molar refractivity (Wildman–Crippen MR) is 83.3 cm³/mol. The fraction of sp³-hybridized carbons (Fsp3) is 0.167. The molecular weight excluding hydrogens is 264 g/mol. The van der Waals surface area contributed by atoms with E-state index >= 15 is 0 Å². The summed E-state index contributed by atoms with van der Waals surface area (Å²) in [4.78, 5) is 11.3. The number of rotatable bonds is 4. The van der Waals surface area contributed by atoms with Crippen molar-refractivity contribution in [1.82, 2.24) is 0 Å². The van der Waals surface area contributed by atoms with Crippen molar-refractivity contribution in [2.24, 2.45) is 0 Å². The molecule has 0 unspecified atom stereocenters. The van der Waals surface area contributed by atoms with E-state index in [-0.39, 0.29) is 5.76 Å². The normalized spacial score (nSPS) is 11.3. The van der Waals surface area contributed by atoms with E-state index in [1.54, 1.807) is 12.1 Å². The number of carboxylic acids is 1. The first-order valence-corrected chi connectivity index (χ1v) is 6.72. The van der Waals surface area contributed by atoms with Gasteiger partial charge in [0.1, 0.15) is 5.75 Å². The van der Waals surface area contributed by atoms with Gasteiger partial charge in [0.05, 0.1) is 0 Å². The minimum atomic E-state index is -1.09. The summed E-state index contributed by atoms with van der Waals surface area (Å²) in [5.41, 5.74) is 4.19. The van der Waals surface area contributed by atoms with Crippen LogP contribution in [0.4, 0.5) is 0 Å². The third-order valence-corrected chi connectivity index (χ3v) is 3.29. The molecule has 0 aromatic heterocycles. The molecule has 2 aromatic carbocycles. The van der Waals surface area contributed by atoms with Gasteiger partial charge in [-0.1, -0.05) is 35.9 Å². The second-order valence-electron chi connectivity index (χ2n) is 5.07. The van der Waals surface area contributed by atoms with Crippen molar-refractivity contribution >= 4 is 12.0 Å². The second-order valence-corrected chi connectivity index (χ2v) is 5.07. The predicted octanol–water partition coefficient (Wildman–Crippen LogP) is 4.12. The van der Waals surface area contributed by atoms with Crippen LogP contribution in [0.15, 0.2) is 48.2 Å². The van der Waals surface area contributed by atoms with Gasteiger partial charge in [-0.15, -0.1) is 0 Å². The number of carbonyl (C=O) groups is 1. The van der Waals surface area contributed by atoms with Crippen molar-refractivity contribution in [1.29, 1.82) is 0 Å². The third kappa shape index (κ3) is 3.96. The first-order valence-electron chi connectivity index (χ1n) is 6.72. The van der Waals surface area contributed by atoms with Gasteiger partial charge in [0, 0.05) is 0 Å². The fourth-order valence-corrected chi connectivity index (χ4v) is 1.87. The van der Waals surface area contributed by atoms with Gasteiger partial charge in [-0.05, 0) is 55.7 Å². The van der Waals surface area contributed by atoms with Crippen LogP contribution in [0.1, 0.15) is 22.3 Å². The Morgan fingerprint density at radius 2 is 1.67 bits per heavy atom. The Kier molecular flexibility index (Phi) is 4.43. The van der Waals surface area contributed by atoms with Crippen molar-refractivity contribution in [2.45, 2.75) is 20.8 Å². The molecule has 0 saturated carbocycles. The van der Waals surface area contributed by atoms with Gasteiger partial charge in [-0.25, -0.2) is 4.79 Å². The molecule has 1 N–H and O–H groups in total. The van der Waals surface area contributed by atoms with Crippen LogP contribution in [0.2, 0.25) is 0 Å². The van der Waals surface area contributed by atoms with Gasteiger partial charge in [0.2, 0.25) is 5.76 Å². The lowest BCUT2D eigenvalue weighted by molar-refractivity contribution is -0.134. The fourth-order valence-electron chi connectivity index (χ4n) is 1.87. The molecule has 108 valence electrons. The molecule has 3 heteroatoms. The highest BCUT2D eigenvalue weighted by molar-refractivity contribution is 5.90. The molecule has 2 aromatic rings. The van der Waals surface area contributed by atoms with Gasteiger partial charge in [-0.3, -0.25) is 0 Å². The molecule has 0 amide bonds. The largest absolute Gasteiger partial charge is 0.475 e. The maximum atomic E-state index is 11.3. The van der Waals surface area contributed by atoms with Crippen LogP contribution in [-0.4, -0.2) is 11.1 Å². The number of hydrogen-bond acceptors (Lipinski definition) is 2. The van der Waals surface area contributed by atoms with Crippen LogP contribution < -0.4 is 4.74 Å². The Hall–Kier alpha value is -2.55. The molecule has 0 fully saturated rings. The quantitative estimate of drug-likeness (QED) is 0.678. The van der Waals surface area contributed by atoms with Gasteiger partial charge in [0.25, 0.3) is 0 Å². The standard InChI is InChI=1S/C18H18O3/c1-12-4-8-16(9-5-12)21-17(18(19)20)11-15-7-6-13(2)14(3)10-15/h4-11H,1-3H3,(H,19,20). The SMILES string of the molecule is Cc1ccc(OC(=Cc2ccc(C)c(C)c2)C(=O)O)cc1. The molecule has 0 spiro atoms. The molecule has 0 bridgehead atoms. The van der Waals surface area contributed by atoms with Crippen LogP contribution in [0.25, 0.3) is 6.08 Å². The van der Waals surface area contributed by atoms with Crippen molar-refractivity contribution < 1.29 is 14.6 Å². The Bertz CT molecular complexity index is 682. The van der Waals surface area contributed by atoms with Crippen LogP contribution in [0.3, 0.4) is 0 Å². The maximum absolute atomic E-state index is 11.3. The van der Waals surface area contributed by atoms with Gasteiger partial charge in [0.15, 0.2) is 0 Å². The number of hydrogen-bond donors (Lipinski definition) is 1. The van der Waals surface area contributed by atoms with Gasteiger partial charge < -0.3 is 9.84 Å². The van der Waals surface area contributed by atoms with E-state index in [0.717, 1.165) is 16.7 Å². The summed E-state index contributed by atoms with van der Waals surface area (Å²) in [7, 11) is 0. The van der Waals surface area contributed by atoms with E-state index in [4.69, 9.17) is 4.74 Å². The van der Waals surface area contributed by atoms with Crippen molar-refractivity contribution in [3.05, 3.63) is 70.5 Å². The summed E-state index contributed by atoms with van der Waals surface area (Å²) in [6.07, 6.45) is 1.54. The third-order valence-electron chi connectivity index (χ3n) is 3.29. The van der Waals surface area contributed by atoms with E-state index in [9.17, 15) is 9.90 Å². The van der Waals surface area contributed by atoms with E-state index in [1.807, 2.05) is 51.1 Å². The Balaban J connectivity index is 2.29. The number of ether oxygens (including phenoxy) is 1. The number of aryl methyl sites for hydroxylation is 3. The summed E-state index contributed by atoms with van der Waals surface area (Å²) < 4.78 is 5.47. The molecule has 0 aliphatic carbocycles. The zero-order chi connectivity index (χ0) is 15.4. The molecule has 21 heavy (non-hydrogen) atoms. The first kappa shape index (κ1) is 14.9. The van der Waals surface area contributed by atoms with E-state index in [0.29, 0.717) is 5.75 Å². The zero-order valence-electron chi connectivity index (χ0n) is 12.4. The van der Waals surface area contributed by atoms with E-state index < -0.39 is 5.97 Å². The number of carboxylic acid groups (broad SMARTS) is 1. The van der Waals surface area contributed by atoms with E-state index in [1.165, 1.54) is 11.6 Å². The number of benzene rings is 2. The monoisotopic (exact) mass is 282 g/mol. The Labute approximate surface area is 124 Å². The molecule has 0 aliphatic rings. The molecule has 3 nitrogen and oxygen atoms in total. The average Bonchev–Trinajstić information content (AvgIpc) is 2.44. The Morgan fingerprint density at radius 1 is 1.00 bits per heavy atom. The highest BCUT2D eigenvalue weighted by Gasteiger charge is 2.10. The molecular formula is C18H18O3. The summed E-state index contributed by atoms with van der Waals surface area (Å²) in [5.74, 6) is -0.672. The molecule has 0 atom stereocenters. The van der Waals surface area contributed by atoms with Gasteiger partial charge in [-0.2, -0.15) is 0 Å². The first-order chi connectivity index (χ1) is 9.95. The lowest BCUT2D eigenvalue weighted by atomic mass is 10.1. The summed E-state index contributed by atoms with van der Waals surface area (Å²) >= 11 is 0. The minimum absolute atomic E-state index is 0.0953. The van der Waals surface area contributed by atoms with Crippen molar-refractivity contribution in [3.63, 3.8) is 0 Å².